The molecule has 0 radical (unpaired) electrons. The maximum absolute atomic E-state index is 12.7. The number of anilines is 2. The predicted octanol–water partition coefficient (Wildman–Crippen LogP) is 3.09. The van der Waals surface area contributed by atoms with Crippen molar-refractivity contribution in [2.24, 2.45) is 0 Å². The van der Waals surface area contributed by atoms with Crippen LogP contribution in [0.2, 0.25) is 0 Å². The quantitative estimate of drug-likeness (QED) is 0.713. The van der Waals surface area contributed by atoms with Gasteiger partial charge in [0.05, 0.1) is 29.4 Å². The third-order valence-electron chi connectivity index (χ3n) is 4.81. The topological polar surface area (TPSA) is 109 Å². The highest BCUT2D eigenvalue weighted by Gasteiger charge is 2.21. The van der Waals surface area contributed by atoms with Crippen molar-refractivity contribution in [1.29, 1.82) is 5.26 Å². The molecule has 2 N–H and O–H groups in total. The molecule has 2 heterocycles. The second-order valence-corrected chi connectivity index (χ2v) is 6.74. The van der Waals surface area contributed by atoms with Gasteiger partial charge in [-0.3, -0.25) is 9.88 Å². The van der Waals surface area contributed by atoms with E-state index in [0.29, 0.717) is 41.1 Å². The van der Waals surface area contributed by atoms with Crippen LogP contribution in [0.3, 0.4) is 0 Å². The highest BCUT2D eigenvalue weighted by molar-refractivity contribution is 6.04. The van der Waals surface area contributed by atoms with Crippen LogP contribution in [0.15, 0.2) is 53.3 Å². The number of rotatable bonds is 4. The van der Waals surface area contributed by atoms with Crippen molar-refractivity contribution in [2.45, 2.75) is 25.5 Å². The number of urea groups is 1. The van der Waals surface area contributed by atoms with Gasteiger partial charge in [0.1, 0.15) is 11.9 Å². The summed E-state index contributed by atoms with van der Waals surface area (Å²) in [6.45, 7) is 0.968. The van der Waals surface area contributed by atoms with Crippen LogP contribution in [0.1, 0.15) is 18.4 Å². The Labute approximate surface area is 166 Å². The van der Waals surface area contributed by atoms with Crippen LogP contribution in [0.5, 0.6) is 0 Å². The Kier molecular flexibility index (Phi) is 5.22. The molecule has 29 heavy (non-hydrogen) atoms. The molecule has 1 aliphatic rings. The average Bonchev–Trinajstić information content (AvgIpc) is 3.24. The lowest BCUT2D eigenvalue weighted by molar-refractivity contribution is 0.0964. The van der Waals surface area contributed by atoms with E-state index in [-0.39, 0.29) is 6.10 Å². The second kappa shape index (κ2) is 8.12. The maximum Gasteiger partial charge on any atom is 0.349 e. The van der Waals surface area contributed by atoms with Crippen LogP contribution in [-0.4, -0.2) is 28.3 Å². The van der Waals surface area contributed by atoms with E-state index in [1.54, 1.807) is 42.5 Å². The van der Waals surface area contributed by atoms with Gasteiger partial charge in [0.15, 0.2) is 0 Å². The Bertz CT molecular complexity index is 1160. The summed E-state index contributed by atoms with van der Waals surface area (Å²) in [5, 5.41) is 15.3. The molecule has 1 aromatic heterocycles. The Morgan fingerprint density at radius 3 is 2.79 bits per heavy atom. The molecule has 0 spiro atoms. The van der Waals surface area contributed by atoms with Gasteiger partial charge in [-0.2, -0.15) is 10.2 Å². The summed E-state index contributed by atoms with van der Waals surface area (Å²) >= 11 is 0. The zero-order chi connectivity index (χ0) is 20.2. The molecule has 1 saturated heterocycles. The van der Waals surface area contributed by atoms with Gasteiger partial charge in [-0.15, -0.1) is 0 Å². The molecule has 0 saturated carbocycles. The zero-order valence-electron chi connectivity index (χ0n) is 15.6. The zero-order valence-corrected chi connectivity index (χ0v) is 15.6. The number of carbonyl (C=O) groups excluding carboxylic acids is 1. The van der Waals surface area contributed by atoms with Gasteiger partial charge in [0, 0.05) is 12.0 Å². The third kappa shape index (κ3) is 3.95. The molecule has 3 aromatic rings. The van der Waals surface area contributed by atoms with Crippen molar-refractivity contribution < 1.29 is 9.53 Å². The highest BCUT2D eigenvalue weighted by atomic mass is 16.5. The van der Waals surface area contributed by atoms with Crippen molar-refractivity contribution in [3.8, 4) is 6.07 Å². The summed E-state index contributed by atoms with van der Waals surface area (Å²) < 4.78 is 7.10. The molecule has 2 aromatic carbocycles. The predicted molar refractivity (Wildman–Crippen MR) is 109 cm³/mol. The minimum Gasteiger partial charge on any atom is -0.376 e. The lowest BCUT2D eigenvalue weighted by Gasteiger charge is -2.18. The normalized spacial score (nSPS) is 15.8. The van der Waals surface area contributed by atoms with Gasteiger partial charge in [-0.05, 0) is 37.1 Å². The second-order valence-electron chi connectivity index (χ2n) is 6.74. The Morgan fingerprint density at radius 1 is 1.21 bits per heavy atom. The molecular weight excluding hydrogens is 370 g/mol. The molecular formula is C21H19N5O3. The first-order valence-electron chi connectivity index (χ1n) is 9.34. The number of benzene rings is 2. The first-order chi connectivity index (χ1) is 14.2. The Morgan fingerprint density at radius 2 is 2.00 bits per heavy atom. The average molecular weight is 389 g/mol. The van der Waals surface area contributed by atoms with Crippen LogP contribution >= 0.6 is 0 Å². The molecule has 1 aliphatic heterocycles. The fourth-order valence-corrected chi connectivity index (χ4v) is 3.42. The van der Waals surface area contributed by atoms with E-state index in [2.05, 4.69) is 15.6 Å². The van der Waals surface area contributed by atoms with E-state index in [0.717, 1.165) is 12.8 Å². The van der Waals surface area contributed by atoms with Crippen LogP contribution in [0, 0.1) is 11.3 Å². The van der Waals surface area contributed by atoms with Crippen molar-refractivity contribution in [1.82, 2.24) is 9.55 Å². The van der Waals surface area contributed by atoms with Gasteiger partial charge in [-0.25, -0.2) is 9.59 Å². The maximum atomic E-state index is 12.7. The molecule has 1 fully saturated rings. The van der Waals surface area contributed by atoms with Crippen LogP contribution in [-0.2, 0) is 11.3 Å². The summed E-state index contributed by atoms with van der Waals surface area (Å²) in [5.41, 5.74) is 0.776. The fraction of sp³-hybridized carbons (Fsp3) is 0.238. The molecule has 0 bridgehead atoms. The monoisotopic (exact) mass is 389 g/mol. The lowest BCUT2D eigenvalue weighted by Crippen LogP contribution is -2.33. The molecule has 2 amide bonds. The van der Waals surface area contributed by atoms with Crippen LogP contribution in [0.25, 0.3) is 10.9 Å². The van der Waals surface area contributed by atoms with Crippen LogP contribution < -0.4 is 16.3 Å². The molecule has 0 unspecified atom stereocenters. The number of hydrogen-bond donors (Lipinski definition) is 2. The summed E-state index contributed by atoms with van der Waals surface area (Å²) in [6.07, 6.45) is 1.69. The number of hydrogen-bond acceptors (Lipinski definition) is 5. The Balaban J connectivity index is 1.70. The number of aromatic nitrogens is 2. The van der Waals surface area contributed by atoms with Crippen molar-refractivity contribution in [3.63, 3.8) is 0 Å². The van der Waals surface area contributed by atoms with Gasteiger partial charge in [0.25, 0.3) is 0 Å². The highest BCUT2D eigenvalue weighted by Crippen LogP contribution is 2.23. The number of para-hydroxylation sites is 2. The number of amides is 2. The first kappa shape index (κ1) is 18.7. The van der Waals surface area contributed by atoms with E-state index in [1.807, 2.05) is 12.1 Å². The standard InChI is InChI=1S/C21H19N5O3/c22-12-14-6-1-3-9-17(14)23-20(27)25-19-16-8-2-4-10-18(16)24-21(28)26(19)13-15-7-5-11-29-15/h1-4,6,8-10,15H,5,7,11,13H2,(H2,23,25,27)/t15-/m1/s1. The minimum atomic E-state index is -0.551. The number of fused-ring (bicyclic) bond motifs is 1. The minimum absolute atomic E-state index is 0.0985. The van der Waals surface area contributed by atoms with Gasteiger partial charge < -0.3 is 10.1 Å². The fourth-order valence-electron chi connectivity index (χ4n) is 3.42. The molecule has 1 atom stereocenters. The SMILES string of the molecule is N#Cc1ccccc1NC(=O)Nc1c2ccccc2nc(=O)n1C[C@H]1CCCO1. The third-order valence-corrected chi connectivity index (χ3v) is 4.81. The van der Waals surface area contributed by atoms with Crippen LogP contribution in [0.4, 0.5) is 16.3 Å². The smallest absolute Gasteiger partial charge is 0.349 e. The molecule has 146 valence electrons. The summed E-state index contributed by atoms with van der Waals surface area (Å²) in [6, 6.07) is 15.3. The molecule has 4 rings (SSSR count). The summed E-state index contributed by atoms with van der Waals surface area (Å²) in [7, 11) is 0. The molecule has 8 heteroatoms. The van der Waals surface area contributed by atoms with Gasteiger partial charge in [0.2, 0.25) is 0 Å². The van der Waals surface area contributed by atoms with Crippen molar-refractivity contribution >= 4 is 28.4 Å². The Hall–Kier alpha value is -3.70. The summed E-state index contributed by atoms with van der Waals surface area (Å²) in [5.74, 6) is 0.350. The summed E-state index contributed by atoms with van der Waals surface area (Å²) in [4.78, 5) is 29.5. The number of ether oxygens (including phenoxy) is 1. The van der Waals surface area contributed by atoms with Crippen molar-refractivity contribution in [3.05, 3.63) is 64.6 Å². The van der Waals surface area contributed by atoms with E-state index in [1.165, 1.54) is 4.57 Å². The van der Waals surface area contributed by atoms with Crippen molar-refractivity contribution in [2.75, 3.05) is 17.2 Å². The molecule has 8 nitrogen and oxygen atoms in total. The first-order valence-corrected chi connectivity index (χ1v) is 9.34. The number of nitrogens with one attached hydrogen (secondary N) is 2. The van der Waals surface area contributed by atoms with E-state index in [9.17, 15) is 14.9 Å². The number of nitrogens with zero attached hydrogens (tertiary/aromatic N) is 3. The van der Waals surface area contributed by atoms with Gasteiger partial charge >= 0.3 is 11.7 Å². The van der Waals surface area contributed by atoms with E-state index >= 15 is 0 Å². The van der Waals surface area contributed by atoms with E-state index in [4.69, 9.17) is 4.74 Å². The van der Waals surface area contributed by atoms with E-state index < -0.39 is 11.7 Å². The van der Waals surface area contributed by atoms with Gasteiger partial charge in [-0.1, -0.05) is 24.3 Å². The number of nitriles is 1. The molecule has 0 aliphatic carbocycles. The largest absolute Gasteiger partial charge is 0.376 e. The lowest BCUT2D eigenvalue weighted by atomic mass is 10.2. The number of carbonyl (C=O) groups is 1.